The lowest BCUT2D eigenvalue weighted by Gasteiger charge is -2.28. The van der Waals surface area contributed by atoms with E-state index in [1.54, 1.807) is 0 Å². The molecule has 2 heterocycles. The summed E-state index contributed by atoms with van der Waals surface area (Å²) < 4.78 is 8.71. The van der Waals surface area contributed by atoms with Gasteiger partial charge in [-0.25, -0.2) is 0 Å². The molecular weight excluding hydrogens is 837 g/mol. The van der Waals surface area contributed by atoms with Crippen LogP contribution in [-0.2, 0) is 0 Å². The summed E-state index contributed by atoms with van der Waals surface area (Å²) in [5, 5.41) is 4.78. The van der Waals surface area contributed by atoms with Crippen molar-refractivity contribution in [2.24, 2.45) is 0 Å². The molecule has 0 atom stereocenters. The van der Waals surface area contributed by atoms with Crippen LogP contribution >= 0.6 is 0 Å². The van der Waals surface area contributed by atoms with E-state index in [0.29, 0.717) is 0 Å². The number of para-hydroxylation sites is 4. The minimum absolute atomic E-state index is 0.886. The third-order valence-corrected chi connectivity index (χ3v) is 13.6. The van der Waals surface area contributed by atoms with Gasteiger partial charge in [-0.3, -0.25) is 0 Å². The quantitative estimate of drug-likeness (QED) is 0.144. The van der Waals surface area contributed by atoms with Crippen LogP contribution in [0, 0.1) is 0 Å². The fraction of sp³-hybridized carbons (Fsp3) is 0. The minimum Gasteiger partial charge on any atom is -0.456 e. The summed E-state index contributed by atoms with van der Waals surface area (Å²) in [5.41, 5.74) is 20.2. The fourth-order valence-electron chi connectivity index (χ4n) is 10.3. The van der Waals surface area contributed by atoms with Gasteiger partial charge in [0.25, 0.3) is 0 Å². The molecule has 0 aliphatic heterocycles. The van der Waals surface area contributed by atoms with Crippen LogP contribution < -0.4 is 4.90 Å². The number of aromatic nitrogens is 1. The molecule has 324 valence electrons. The average molecular weight is 881 g/mol. The number of hydrogen-bond donors (Lipinski definition) is 0. The highest BCUT2D eigenvalue weighted by Crippen LogP contribution is 2.44. The Morgan fingerprint density at radius 3 is 1.48 bits per heavy atom. The van der Waals surface area contributed by atoms with Crippen LogP contribution in [0.25, 0.3) is 105 Å². The zero-order chi connectivity index (χ0) is 45.7. The van der Waals surface area contributed by atoms with Crippen molar-refractivity contribution < 1.29 is 4.42 Å². The molecule has 0 aliphatic carbocycles. The summed E-state index contributed by atoms with van der Waals surface area (Å²) in [6.07, 6.45) is 0. The maximum absolute atomic E-state index is 6.34. The van der Waals surface area contributed by atoms with Crippen LogP contribution in [0.3, 0.4) is 0 Å². The second-order valence-electron chi connectivity index (χ2n) is 17.7. The fourth-order valence-corrected chi connectivity index (χ4v) is 10.3. The predicted octanol–water partition coefficient (Wildman–Crippen LogP) is 18.5. The van der Waals surface area contributed by atoms with Crippen LogP contribution in [0.1, 0.15) is 0 Å². The lowest BCUT2D eigenvalue weighted by atomic mass is 9.96. The highest BCUT2D eigenvalue weighted by atomic mass is 16.3. The molecule has 0 unspecified atom stereocenters. The SMILES string of the molecule is c1ccc(-c2cccc(-c3ccccc3N(c3ccc(-c4ccc(-c5ccc(-n6c7ccccc7c7ccccc76)cc5)cc4)cc3)c3cccc(-c4cccc5oc6ccccc6c45)c3)c2)cc1. The molecule has 11 aromatic carbocycles. The molecule has 0 saturated heterocycles. The van der Waals surface area contributed by atoms with Gasteiger partial charge in [-0.1, -0.05) is 194 Å². The molecule has 2 aromatic heterocycles. The largest absolute Gasteiger partial charge is 0.456 e. The molecule has 0 fully saturated rings. The average Bonchev–Trinajstić information content (AvgIpc) is 3.98. The maximum atomic E-state index is 6.34. The summed E-state index contributed by atoms with van der Waals surface area (Å²) in [7, 11) is 0. The normalized spacial score (nSPS) is 11.5. The summed E-state index contributed by atoms with van der Waals surface area (Å²) in [6, 6.07) is 96.1. The van der Waals surface area contributed by atoms with Crippen LogP contribution in [0.5, 0.6) is 0 Å². The number of fused-ring (bicyclic) bond motifs is 6. The molecule has 13 rings (SSSR count). The minimum atomic E-state index is 0.886. The van der Waals surface area contributed by atoms with E-state index in [4.69, 9.17) is 4.42 Å². The van der Waals surface area contributed by atoms with E-state index in [2.05, 4.69) is 264 Å². The van der Waals surface area contributed by atoms with Crippen molar-refractivity contribution in [1.29, 1.82) is 0 Å². The molecule has 0 radical (unpaired) electrons. The number of rotatable bonds is 9. The molecule has 0 saturated carbocycles. The summed E-state index contributed by atoms with van der Waals surface area (Å²) >= 11 is 0. The van der Waals surface area contributed by atoms with Crippen molar-refractivity contribution in [2.75, 3.05) is 4.90 Å². The Labute approximate surface area is 401 Å². The van der Waals surface area contributed by atoms with Gasteiger partial charge in [-0.05, 0) is 123 Å². The molecule has 3 nitrogen and oxygen atoms in total. The second-order valence-corrected chi connectivity index (χ2v) is 17.7. The Bertz CT molecular complexity index is 3940. The first-order valence-electron chi connectivity index (χ1n) is 23.6. The zero-order valence-electron chi connectivity index (χ0n) is 37.7. The maximum Gasteiger partial charge on any atom is 0.136 e. The van der Waals surface area contributed by atoms with Gasteiger partial charge in [-0.15, -0.1) is 0 Å². The van der Waals surface area contributed by atoms with Crippen LogP contribution in [-0.4, -0.2) is 4.57 Å². The first-order valence-corrected chi connectivity index (χ1v) is 23.6. The Kier molecular flexibility index (Phi) is 9.84. The van der Waals surface area contributed by atoms with Crippen molar-refractivity contribution in [1.82, 2.24) is 4.57 Å². The topological polar surface area (TPSA) is 21.3 Å². The van der Waals surface area contributed by atoms with Crippen molar-refractivity contribution in [3.8, 4) is 61.3 Å². The zero-order valence-corrected chi connectivity index (χ0v) is 37.7. The first-order chi connectivity index (χ1) is 34.2. The molecule has 69 heavy (non-hydrogen) atoms. The number of nitrogens with zero attached hydrogens (tertiary/aromatic N) is 2. The van der Waals surface area contributed by atoms with E-state index in [9.17, 15) is 0 Å². The molecule has 0 aliphatic rings. The van der Waals surface area contributed by atoms with Gasteiger partial charge < -0.3 is 13.9 Å². The molecular formula is C66H44N2O. The van der Waals surface area contributed by atoms with Gasteiger partial charge in [0.15, 0.2) is 0 Å². The second kappa shape index (κ2) is 16.9. The third-order valence-electron chi connectivity index (χ3n) is 13.6. The Morgan fingerprint density at radius 1 is 0.290 bits per heavy atom. The molecule has 0 amide bonds. The van der Waals surface area contributed by atoms with Crippen LogP contribution in [0.15, 0.2) is 271 Å². The van der Waals surface area contributed by atoms with Crippen LogP contribution in [0.2, 0.25) is 0 Å². The first kappa shape index (κ1) is 40.1. The van der Waals surface area contributed by atoms with E-state index in [0.717, 1.165) is 72.5 Å². The Hall–Kier alpha value is -9.18. The number of hydrogen-bond acceptors (Lipinski definition) is 2. The molecule has 0 N–H and O–H groups in total. The van der Waals surface area contributed by atoms with E-state index in [1.807, 2.05) is 12.1 Å². The highest BCUT2D eigenvalue weighted by Gasteiger charge is 2.20. The number of anilines is 3. The van der Waals surface area contributed by atoms with Crippen molar-refractivity contribution in [3.05, 3.63) is 267 Å². The van der Waals surface area contributed by atoms with Crippen LogP contribution in [0.4, 0.5) is 17.1 Å². The predicted molar refractivity (Wildman–Crippen MR) is 290 cm³/mol. The van der Waals surface area contributed by atoms with Gasteiger partial charge >= 0.3 is 0 Å². The number of furan rings is 1. The highest BCUT2D eigenvalue weighted by molar-refractivity contribution is 6.13. The van der Waals surface area contributed by atoms with Gasteiger partial charge in [-0.2, -0.15) is 0 Å². The summed E-state index contributed by atoms with van der Waals surface area (Å²) in [5.74, 6) is 0. The smallest absolute Gasteiger partial charge is 0.136 e. The van der Waals surface area contributed by atoms with E-state index in [-0.39, 0.29) is 0 Å². The lowest BCUT2D eigenvalue weighted by molar-refractivity contribution is 0.669. The van der Waals surface area contributed by atoms with E-state index >= 15 is 0 Å². The lowest BCUT2D eigenvalue weighted by Crippen LogP contribution is -2.11. The Balaban J connectivity index is 0.864. The van der Waals surface area contributed by atoms with Crippen molar-refractivity contribution in [3.63, 3.8) is 0 Å². The molecule has 3 heteroatoms. The number of benzene rings is 11. The Morgan fingerprint density at radius 2 is 0.768 bits per heavy atom. The van der Waals surface area contributed by atoms with Gasteiger partial charge in [0.2, 0.25) is 0 Å². The van der Waals surface area contributed by atoms with Gasteiger partial charge in [0.1, 0.15) is 11.2 Å². The van der Waals surface area contributed by atoms with E-state index < -0.39 is 0 Å². The van der Waals surface area contributed by atoms with E-state index in [1.165, 1.54) is 49.6 Å². The molecule has 0 spiro atoms. The molecule has 13 aromatic rings. The van der Waals surface area contributed by atoms with Crippen molar-refractivity contribution >= 4 is 60.8 Å². The summed E-state index contributed by atoms with van der Waals surface area (Å²) in [6.45, 7) is 0. The van der Waals surface area contributed by atoms with Gasteiger partial charge in [0, 0.05) is 44.2 Å². The van der Waals surface area contributed by atoms with Crippen molar-refractivity contribution in [2.45, 2.75) is 0 Å². The summed E-state index contributed by atoms with van der Waals surface area (Å²) in [4.78, 5) is 2.40. The molecule has 0 bridgehead atoms. The monoisotopic (exact) mass is 880 g/mol. The third kappa shape index (κ3) is 7.16. The standard InChI is InChI=1S/C66H44N2O/c1-2-15-45(16-3-1)50-17-12-18-51(43-50)56-21-4-8-26-61(56)67(55-20-13-19-52(44-55)57-25-14-30-65-66(57)60-24-7-11-29-64(60)69-65)53-39-35-48(36-40-53)46-31-33-47(34-32-46)49-37-41-54(42-38-49)68-62-27-9-5-22-58(62)59-23-6-10-28-63(59)68/h1-44H. The van der Waals surface area contributed by atoms with Gasteiger partial charge in [0.05, 0.1) is 16.7 Å².